The Bertz CT molecular complexity index is 1110. The fourth-order valence-electron chi connectivity index (χ4n) is 2.70. The first-order chi connectivity index (χ1) is 13.2. The normalized spacial score (nSPS) is 10.7. The molecule has 0 unspecified atom stereocenters. The molecule has 0 saturated heterocycles. The molecule has 0 spiro atoms. The summed E-state index contributed by atoms with van der Waals surface area (Å²) < 4.78 is 5.93. The van der Waals surface area contributed by atoms with Crippen LogP contribution < -0.4 is 10.3 Å². The minimum atomic E-state index is -0.175. The van der Waals surface area contributed by atoms with Crippen LogP contribution in [0.25, 0.3) is 21.8 Å². The van der Waals surface area contributed by atoms with Crippen molar-refractivity contribution in [3.63, 3.8) is 0 Å². The molecule has 0 fully saturated rings. The summed E-state index contributed by atoms with van der Waals surface area (Å²) >= 11 is 1.49. The number of nitrogens with one attached hydrogen (secondary N) is 1. The number of aryl methyl sites for hydroxylation is 1. The number of rotatable bonds is 5. The Labute approximate surface area is 160 Å². The number of ether oxygens (including phenoxy) is 1. The number of thiazole rings is 1. The van der Waals surface area contributed by atoms with Gasteiger partial charge in [0.1, 0.15) is 17.4 Å². The van der Waals surface area contributed by atoms with E-state index in [0.717, 1.165) is 16.1 Å². The Morgan fingerprint density at radius 2 is 1.89 bits per heavy atom. The predicted molar refractivity (Wildman–Crippen MR) is 107 cm³/mol. The predicted octanol–water partition coefficient (Wildman–Crippen LogP) is 4.45. The SMILES string of the molecule is Cc1[nH]c(=O)c(-c2csc(-c3ccncc3)n2)cc1OCc1ccccc1. The van der Waals surface area contributed by atoms with Crippen molar-refractivity contribution in [2.24, 2.45) is 0 Å². The summed E-state index contributed by atoms with van der Waals surface area (Å²) in [5.41, 5.74) is 3.71. The van der Waals surface area contributed by atoms with E-state index in [1.165, 1.54) is 11.3 Å². The van der Waals surface area contributed by atoms with Gasteiger partial charge in [-0.3, -0.25) is 9.78 Å². The third kappa shape index (κ3) is 3.80. The molecule has 0 aliphatic heterocycles. The number of hydrogen-bond acceptors (Lipinski definition) is 5. The number of H-pyrrole nitrogens is 1. The summed E-state index contributed by atoms with van der Waals surface area (Å²) in [4.78, 5) is 24.0. The van der Waals surface area contributed by atoms with Crippen LogP contribution in [0.1, 0.15) is 11.3 Å². The van der Waals surface area contributed by atoms with Gasteiger partial charge in [0.25, 0.3) is 5.56 Å². The van der Waals surface area contributed by atoms with Crippen molar-refractivity contribution < 1.29 is 4.74 Å². The lowest BCUT2D eigenvalue weighted by Gasteiger charge is -2.10. The molecule has 1 aromatic carbocycles. The molecule has 27 heavy (non-hydrogen) atoms. The van der Waals surface area contributed by atoms with Crippen LogP contribution in [0.3, 0.4) is 0 Å². The van der Waals surface area contributed by atoms with Gasteiger partial charge in [-0.1, -0.05) is 30.3 Å². The quantitative estimate of drug-likeness (QED) is 0.560. The largest absolute Gasteiger partial charge is 0.487 e. The second kappa shape index (κ2) is 7.55. The third-order valence-corrected chi connectivity index (χ3v) is 5.03. The lowest BCUT2D eigenvalue weighted by Crippen LogP contribution is -2.12. The van der Waals surface area contributed by atoms with Gasteiger partial charge in [0.05, 0.1) is 17.0 Å². The number of aromatic amines is 1. The monoisotopic (exact) mass is 375 g/mol. The van der Waals surface area contributed by atoms with Crippen LogP contribution in [0, 0.1) is 6.92 Å². The van der Waals surface area contributed by atoms with E-state index in [-0.39, 0.29) is 5.56 Å². The number of nitrogens with zero attached hydrogens (tertiary/aromatic N) is 2. The smallest absolute Gasteiger partial charge is 0.257 e. The van der Waals surface area contributed by atoms with E-state index in [0.29, 0.717) is 29.3 Å². The zero-order chi connectivity index (χ0) is 18.6. The van der Waals surface area contributed by atoms with Gasteiger partial charge in [-0.15, -0.1) is 11.3 Å². The standard InChI is InChI=1S/C21H17N3O2S/c1-14-19(26-12-15-5-3-2-4-6-15)11-17(20(25)23-14)18-13-27-21(24-18)16-7-9-22-10-8-16/h2-11,13H,12H2,1H3,(H,23,25). The maximum Gasteiger partial charge on any atom is 0.257 e. The highest BCUT2D eigenvalue weighted by atomic mass is 32.1. The van der Waals surface area contributed by atoms with Crippen molar-refractivity contribution in [3.8, 4) is 27.6 Å². The van der Waals surface area contributed by atoms with E-state index in [2.05, 4.69) is 15.0 Å². The maximum atomic E-state index is 12.5. The van der Waals surface area contributed by atoms with Gasteiger partial charge in [-0.2, -0.15) is 0 Å². The fraction of sp³-hybridized carbons (Fsp3) is 0.0952. The summed E-state index contributed by atoms with van der Waals surface area (Å²) in [6.45, 7) is 2.27. The molecule has 134 valence electrons. The summed E-state index contributed by atoms with van der Waals surface area (Å²) in [6, 6.07) is 15.5. The molecule has 0 aliphatic carbocycles. The van der Waals surface area contributed by atoms with Crippen LogP contribution in [-0.4, -0.2) is 15.0 Å². The number of hydrogen-bond donors (Lipinski definition) is 1. The van der Waals surface area contributed by atoms with Crippen LogP contribution >= 0.6 is 11.3 Å². The molecule has 1 N–H and O–H groups in total. The van der Waals surface area contributed by atoms with Gasteiger partial charge in [0.15, 0.2) is 0 Å². The van der Waals surface area contributed by atoms with Crippen LogP contribution in [0.15, 0.2) is 71.1 Å². The maximum absolute atomic E-state index is 12.5. The zero-order valence-corrected chi connectivity index (χ0v) is 15.5. The van der Waals surface area contributed by atoms with Gasteiger partial charge >= 0.3 is 0 Å². The Balaban J connectivity index is 1.63. The second-order valence-electron chi connectivity index (χ2n) is 6.05. The molecule has 4 rings (SSSR count). The average Bonchev–Trinajstić information content (AvgIpc) is 3.19. The molecule has 3 aromatic heterocycles. The lowest BCUT2D eigenvalue weighted by molar-refractivity contribution is 0.302. The highest BCUT2D eigenvalue weighted by Crippen LogP contribution is 2.29. The van der Waals surface area contributed by atoms with E-state index in [9.17, 15) is 4.79 Å². The summed E-state index contributed by atoms with van der Waals surface area (Å²) in [6.07, 6.45) is 3.45. The van der Waals surface area contributed by atoms with Gasteiger partial charge in [0.2, 0.25) is 0 Å². The molecule has 0 amide bonds. The minimum Gasteiger partial charge on any atom is -0.487 e. The van der Waals surface area contributed by atoms with E-state index < -0.39 is 0 Å². The molecule has 0 aliphatic rings. The Hall–Kier alpha value is -3.25. The molecule has 0 bridgehead atoms. The fourth-order valence-corrected chi connectivity index (χ4v) is 3.53. The minimum absolute atomic E-state index is 0.175. The third-order valence-electron chi connectivity index (χ3n) is 4.14. The van der Waals surface area contributed by atoms with Crippen LogP contribution in [0.5, 0.6) is 5.75 Å². The number of pyridine rings is 2. The van der Waals surface area contributed by atoms with Crippen molar-refractivity contribution in [3.05, 3.63) is 87.9 Å². The molecule has 6 heteroatoms. The molecule has 0 atom stereocenters. The van der Waals surface area contributed by atoms with E-state index in [4.69, 9.17) is 4.74 Å². The molecular formula is C21H17N3O2S. The van der Waals surface area contributed by atoms with Crippen LogP contribution in [0.2, 0.25) is 0 Å². The van der Waals surface area contributed by atoms with Crippen molar-refractivity contribution in [1.29, 1.82) is 0 Å². The first-order valence-corrected chi connectivity index (χ1v) is 9.35. The average molecular weight is 375 g/mol. The topological polar surface area (TPSA) is 67.9 Å². The highest BCUT2D eigenvalue weighted by molar-refractivity contribution is 7.13. The molecule has 0 radical (unpaired) electrons. The molecule has 5 nitrogen and oxygen atoms in total. The van der Waals surface area contributed by atoms with Crippen molar-refractivity contribution in [1.82, 2.24) is 15.0 Å². The van der Waals surface area contributed by atoms with Crippen molar-refractivity contribution in [2.45, 2.75) is 13.5 Å². The van der Waals surface area contributed by atoms with Crippen molar-refractivity contribution in [2.75, 3.05) is 0 Å². The lowest BCUT2D eigenvalue weighted by atomic mass is 10.2. The first kappa shape index (κ1) is 17.2. The Kier molecular flexibility index (Phi) is 4.80. The molecule has 0 saturated carbocycles. The van der Waals surface area contributed by atoms with Crippen LogP contribution in [0.4, 0.5) is 0 Å². The van der Waals surface area contributed by atoms with Gasteiger partial charge in [-0.25, -0.2) is 4.98 Å². The number of aromatic nitrogens is 3. The van der Waals surface area contributed by atoms with E-state index in [1.807, 2.05) is 54.8 Å². The van der Waals surface area contributed by atoms with Gasteiger partial charge < -0.3 is 9.72 Å². The molecular weight excluding hydrogens is 358 g/mol. The summed E-state index contributed by atoms with van der Waals surface area (Å²) in [5.74, 6) is 0.645. The molecule has 3 heterocycles. The Morgan fingerprint density at radius 3 is 2.67 bits per heavy atom. The van der Waals surface area contributed by atoms with Crippen molar-refractivity contribution >= 4 is 11.3 Å². The Morgan fingerprint density at radius 1 is 1.11 bits per heavy atom. The highest BCUT2D eigenvalue weighted by Gasteiger charge is 2.13. The summed E-state index contributed by atoms with van der Waals surface area (Å²) in [7, 11) is 0. The zero-order valence-electron chi connectivity index (χ0n) is 14.7. The van der Waals surface area contributed by atoms with E-state index in [1.54, 1.807) is 18.5 Å². The molecule has 4 aromatic rings. The summed E-state index contributed by atoms with van der Waals surface area (Å²) in [5, 5.41) is 2.73. The van der Waals surface area contributed by atoms with E-state index >= 15 is 0 Å². The second-order valence-corrected chi connectivity index (χ2v) is 6.91. The van der Waals surface area contributed by atoms with Gasteiger partial charge in [-0.05, 0) is 30.7 Å². The van der Waals surface area contributed by atoms with Crippen LogP contribution in [-0.2, 0) is 6.61 Å². The van der Waals surface area contributed by atoms with Gasteiger partial charge in [0, 0.05) is 23.3 Å². The first-order valence-electron chi connectivity index (χ1n) is 8.47. The number of benzene rings is 1.